The van der Waals surface area contributed by atoms with Crippen LogP contribution in [0, 0.1) is 11.8 Å². The molecule has 2 fully saturated rings. The molecular formula is C18H16O3. The number of aromatic hydroxyl groups is 1. The van der Waals surface area contributed by atoms with E-state index in [2.05, 4.69) is 6.07 Å². The number of ketones is 1. The van der Waals surface area contributed by atoms with Crippen LogP contribution in [0.5, 0.6) is 5.75 Å². The quantitative estimate of drug-likeness (QED) is 0.780. The highest BCUT2D eigenvalue weighted by Gasteiger charge is 2.69. The summed E-state index contributed by atoms with van der Waals surface area (Å²) in [6.07, 6.45) is 2.09. The summed E-state index contributed by atoms with van der Waals surface area (Å²) in [7, 11) is 0. The standard InChI is InChI=1S/C18H16O3/c19-11-2-3-12-9(5-11)1-4-13-17(12)16(21)7-14-15(20)6-10-8-18(10,13)14/h1-5,10,14-15,19-20H,6-8H2/t10-,14?,15+,18+/m1/s1. The zero-order valence-corrected chi connectivity index (χ0v) is 11.5. The van der Waals surface area contributed by atoms with Crippen LogP contribution in [0.25, 0.3) is 10.8 Å². The number of hydrogen-bond donors (Lipinski definition) is 2. The largest absolute Gasteiger partial charge is 0.508 e. The molecule has 1 spiro atoms. The summed E-state index contributed by atoms with van der Waals surface area (Å²) >= 11 is 0. The van der Waals surface area contributed by atoms with Crippen LogP contribution >= 0.6 is 0 Å². The molecule has 3 nitrogen and oxygen atoms in total. The van der Waals surface area contributed by atoms with E-state index in [9.17, 15) is 15.0 Å². The molecule has 3 aliphatic rings. The Kier molecular flexibility index (Phi) is 1.94. The molecule has 106 valence electrons. The van der Waals surface area contributed by atoms with Gasteiger partial charge < -0.3 is 10.2 Å². The van der Waals surface area contributed by atoms with Gasteiger partial charge in [0.05, 0.1) is 6.10 Å². The first kappa shape index (κ1) is 11.8. The van der Waals surface area contributed by atoms with Gasteiger partial charge in [-0.1, -0.05) is 12.1 Å². The highest BCUT2D eigenvalue weighted by atomic mass is 16.3. The van der Waals surface area contributed by atoms with Gasteiger partial charge in [-0.25, -0.2) is 0 Å². The third kappa shape index (κ3) is 1.26. The normalized spacial score (nSPS) is 36.2. The average molecular weight is 280 g/mol. The summed E-state index contributed by atoms with van der Waals surface area (Å²) in [4.78, 5) is 12.7. The molecule has 0 aromatic heterocycles. The monoisotopic (exact) mass is 280 g/mol. The van der Waals surface area contributed by atoms with Crippen molar-refractivity contribution in [2.45, 2.75) is 30.8 Å². The minimum absolute atomic E-state index is 0.0503. The van der Waals surface area contributed by atoms with E-state index in [0.717, 1.165) is 34.7 Å². The molecule has 1 unspecified atom stereocenters. The second kappa shape index (κ2) is 3.47. The Morgan fingerprint density at radius 2 is 2.05 bits per heavy atom. The van der Waals surface area contributed by atoms with Crippen LogP contribution in [0.1, 0.15) is 35.2 Å². The first-order chi connectivity index (χ1) is 10.1. The molecule has 21 heavy (non-hydrogen) atoms. The summed E-state index contributed by atoms with van der Waals surface area (Å²) in [6.45, 7) is 0. The minimum Gasteiger partial charge on any atom is -0.508 e. The summed E-state index contributed by atoms with van der Waals surface area (Å²) < 4.78 is 0. The summed E-state index contributed by atoms with van der Waals surface area (Å²) in [5.74, 6) is 1.02. The van der Waals surface area contributed by atoms with Crippen molar-refractivity contribution in [1.82, 2.24) is 0 Å². The van der Waals surface area contributed by atoms with E-state index >= 15 is 0 Å². The summed E-state index contributed by atoms with van der Waals surface area (Å²) in [5, 5.41) is 21.7. The van der Waals surface area contributed by atoms with E-state index in [4.69, 9.17) is 0 Å². The van der Waals surface area contributed by atoms with Gasteiger partial charge in [0.1, 0.15) is 5.75 Å². The molecule has 4 atom stereocenters. The highest BCUT2D eigenvalue weighted by Crippen LogP contribution is 2.70. The Labute approximate surface area is 122 Å². The zero-order chi connectivity index (χ0) is 14.4. The fourth-order valence-corrected chi connectivity index (χ4v) is 5.05. The summed E-state index contributed by atoms with van der Waals surface area (Å²) in [5.41, 5.74) is 2.03. The lowest BCUT2D eigenvalue weighted by molar-refractivity contribution is 0.0748. The average Bonchev–Trinajstić information content (AvgIpc) is 3.08. The van der Waals surface area contributed by atoms with Crippen molar-refractivity contribution in [3.63, 3.8) is 0 Å². The van der Waals surface area contributed by atoms with E-state index in [-0.39, 0.29) is 29.0 Å². The Morgan fingerprint density at radius 1 is 1.19 bits per heavy atom. The van der Waals surface area contributed by atoms with Crippen LogP contribution in [-0.4, -0.2) is 22.1 Å². The predicted octanol–water partition coefficient (Wildman–Crippen LogP) is 2.77. The maximum atomic E-state index is 12.7. The molecule has 0 radical (unpaired) electrons. The molecule has 2 saturated carbocycles. The SMILES string of the molecule is O=C1CC2[C@@H](O)C[C@@H]3C[C@]23c2ccc3cc(O)ccc3c21. The number of phenolic OH excluding ortho intramolecular Hbond substituents is 1. The lowest BCUT2D eigenvalue weighted by Crippen LogP contribution is -2.35. The molecule has 0 saturated heterocycles. The molecule has 2 aromatic rings. The Bertz CT molecular complexity index is 809. The van der Waals surface area contributed by atoms with Gasteiger partial charge >= 0.3 is 0 Å². The topological polar surface area (TPSA) is 57.5 Å². The van der Waals surface area contributed by atoms with Gasteiger partial charge in [0.2, 0.25) is 0 Å². The van der Waals surface area contributed by atoms with Crippen molar-refractivity contribution < 1.29 is 15.0 Å². The molecule has 0 aliphatic heterocycles. The molecule has 3 aliphatic carbocycles. The van der Waals surface area contributed by atoms with Crippen molar-refractivity contribution >= 4 is 16.6 Å². The van der Waals surface area contributed by atoms with E-state index in [0.29, 0.717) is 12.3 Å². The van der Waals surface area contributed by atoms with Gasteiger partial charge in [-0.3, -0.25) is 4.79 Å². The number of benzene rings is 2. The Balaban J connectivity index is 1.83. The number of aliphatic hydroxyl groups is 1. The second-order valence-corrected chi connectivity index (χ2v) is 6.87. The number of fused-ring (bicyclic) bond motifs is 3. The molecule has 2 aromatic carbocycles. The number of phenols is 1. The van der Waals surface area contributed by atoms with Crippen molar-refractivity contribution in [3.05, 3.63) is 41.5 Å². The van der Waals surface area contributed by atoms with Crippen LogP contribution in [-0.2, 0) is 5.41 Å². The Morgan fingerprint density at radius 3 is 2.90 bits per heavy atom. The third-order valence-electron chi connectivity index (χ3n) is 5.99. The van der Waals surface area contributed by atoms with Crippen LogP contribution < -0.4 is 0 Å². The molecular weight excluding hydrogens is 264 g/mol. The van der Waals surface area contributed by atoms with E-state index in [1.807, 2.05) is 12.1 Å². The smallest absolute Gasteiger partial charge is 0.164 e. The van der Waals surface area contributed by atoms with E-state index in [1.165, 1.54) is 0 Å². The summed E-state index contributed by atoms with van der Waals surface area (Å²) in [6, 6.07) is 9.26. The van der Waals surface area contributed by atoms with Crippen LogP contribution in [0.15, 0.2) is 30.3 Å². The molecule has 0 bridgehead atoms. The highest BCUT2D eigenvalue weighted by molar-refractivity contribution is 6.11. The van der Waals surface area contributed by atoms with E-state index < -0.39 is 0 Å². The van der Waals surface area contributed by atoms with Crippen molar-refractivity contribution in [2.24, 2.45) is 11.8 Å². The first-order valence-corrected chi connectivity index (χ1v) is 7.59. The number of carbonyl (C=O) groups excluding carboxylic acids is 1. The van der Waals surface area contributed by atoms with Crippen molar-refractivity contribution in [3.8, 4) is 5.75 Å². The van der Waals surface area contributed by atoms with Gasteiger partial charge in [-0.05, 0) is 53.3 Å². The molecule has 0 amide bonds. The number of Topliss-reactive ketones (excluding diaryl/α,β-unsaturated/α-hetero) is 1. The van der Waals surface area contributed by atoms with Crippen LogP contribution in [0.3, 0.4) is 0 Å². The molecule has 5 rings (SSSR count). The van der Waals surface area contributed by atoms with E-state index in [1.54, 1.807) is 12.1 Å². The molecule has 3 heteroatoms. The van der Waals surface area contributed by atoms with Gasteiger partial charge in [0, 0.05) is 23.3 Å². The lowest BCUT2D eigenvalue weighted by Gasteiger charge is -2.33. The van der Waals surface area contributed by atoms with Crippen LogP contribution in [0.2, 0.25) is 0 Å². The fourth-order valence-electron chi connectivity index (χ4n) is 5.05. The lowest BCUT2D eigenvalue weighted by atomic mass is 9.70. The predicted molar refractivity (Wildman–Crippen MR) is 78.5 cm³/mol. The van der Waals surface area contributed by atoms with Gasteiger partial charge in [-0.2, -0.15) is 0 Å². The van der Waals surface area contributed by atoms with Crippen molar-refractivity contribution in [2.75, 3.05) is 0 Å². The number of hydrogen-bond acceptors (Lipinski definition) is 3. The number of carbonyl (C=O) groups is 1. The maximum Gasteiger partial charge on any atom is 0.164 e. The zero-order valence-electron chi connectivity index (χ0n) is 11.5. The molecule has 0 heterocycles. The first-order valence-electron chi connectivity index (χ1n) is 7.59. The number of rotatable bonds is 0. The van der Waals surface area contributed by atoms with Crippen LogP contribution in [0.4, 0.5) is 0 Å². The van der Waals surface area contributed by atoms with Gasteiger partial charge in [0.25, 0.3) is 0 Å². The Hall–Kier alpha value is -1.87. The minimum atomic E-state index is -0.323. The number of aliphatic hydroxyl groups excluding tert-OH is 1. The van der Waals surface area contributed by atoms with Gasteiger partial charge in [-0.15, -0.1) is 0 Å². The van der Waals surface area contributed by atoms with Gasteiger partial charge in [0.15, 0.2) is 5.78 Å². The molecule has 2 N–H and O–H groups in total. The maximum absolute atomic E-state index is 12.7. The second-order valence-electron chi connectivity index (χ2n) is 6.87. The fraction of sp³-hybridized carbons (Fsp3) is 0.389. The third-order valence-corrected chi connectivity index (χ3v) is 5.99. The van der Waals surface area contributed by atoms with Crippen molar-refractivity contribution in [1.29, 1.82) is 0 Å².